The lowest BCUT2D eigenvalue weighted by Crippen LogP contribution is -2.57. The van der Waals surface area contributed by atoms with Crippen molar-refractivity contribution in [3.63, 3.8) is 0 Å². The van der Waals surface area contributed by atoms with Gasteiger partial charge in [-0.05, 0) is 37.3 Å². The van der Waals surface area contributed by atoms with E-state index in [-0.39, 0.29) is 5.82 Å². The van der Waals surface area contributed by atoms with E-state index in [1.54, 1.807) is 0 Å². The molecule has 0 radical (unpaired) electrons. The molecule has 0 spiro atoms. The fourth-order valence-corrected chi connectivity index (χ4v) is 3.15. The Hall–Kier alpha value is -1.29. The molecular formula is C16H23FN2O. The highest BCUT2D eigenvalue weighted by atomic mass is 19.1. The lowest BCUT2D eigenvalue weighted by molar-refractivity contribution is 0.358. The zero-order chi connectivity index (χ0) is 14.1. The lowest BCUT2D eigenvalue weighted by Gasteiger charge is -2.42. The number of methoxy groups -OCH3 is 1. The van der Waals surface area contributed by atoms with Crippen LogP contribution in [0.25, 0.3) is 0 Å². The van der Waals surface area contributed by atoms with Crippen molar-refractivity contribution in [3.8, 4) is 5.75 Å². The van der Waals surface area contributed by atoms with E-state index in [2.05, 4.69) is 17.1 Å². The van der Waals surface area contributed by atoms with Crippen molar-refractivity contribution in [2.45, 2.75) is 38.3 Å². The van der Waals surface area contributed by atoms with Crippen molar-refractivity contribution < 1.29 is 9.13 Å². The summed E-state index contributed by atoms with van der Waals surface area (Å²) in [6.07, 6.45) is 3.77. The molecule has 2 fully saturated rings. The summed E-state index contributed by atoms with van der Waals surface area (Å²) in [5, 5.41) is 3.67. The van der Waals surface area contributed by atoms with Crippen LogP contribution in [-0.4, -0.2) is 32.3 Å². The number of hydrogen-bond donors (Lipinski definition) is 1. The number of anilines is 1. The van der Waals surface area contributed by atoms with Crippen molar-refractivity contribution >= 4 is 5.69 Å². The Labute approximate surface area is 120 Å². The van der Waals surface area contributed by atoms with Gasteiger partial charge < -0.3 is 15.0 Å². The first-order valence-electron chi connectivity index (χ1n) is 7.56. The van der Waals surface area contributed by atoms with Crippen LogP contribution in [0.5, 0.6) is 5.75 Å². The first-order valence-corrected chi connectivity index (χ1v) is 7.56. The quantitative estimate of drug-likeness (QED) is 0.916. The van der Waals surface area contributed by atoms with Crippen LogP contribution in [-0.2, 0) is 0 Å². The normalized spacial score (nSPS) is 26.6. The molecule has 20 heavy (non-hydrogen) atoms. The van der Waals surface area contributed by atoms with E-state index in [0.717, 1.165) is 31.1 Å². The first kappa shape index (κ1) is 13.7. The van der Waals surface area contributed by atoms with E-state index in [1.807, 2.05) is 12.1 Å². The van der Waals surface area contributed by atoms with Gasteiger partial charge in [-0.1, -0.05) is 6.92 Å². The van der Waals surface area contributed by atoms with E-state index < -0.39 is 0 Å². The Kier molecular flexibility index (Phi) is 3.83. The van der Waals surface area contributed by atoms with Gasteiger partial charge in [0.05, 0.1) is 7.11 Å². The van der Waals surface area contributed by atoms with Gasteiger partial charge in [0.1, 0.15) is 0 Å². The molecule has 1 aromatic carbocycles. The molecule has 1 saturated heterocycles. The predicted molar refractivity (Wildman–Crippen MR) is 78.9 cm³/mol. The van der Waals surface area contributed by atoms with E-state index >= 15 is 0 Å². The number of ether oxygens (including phenoxy) is 1. The molecule has 2 aliphatic rings. The molecule has 1 aliphatic heterocycles. The summed E-state index contributed by atoms with van der Waals surface area (Å²) >= 11 is 0. The highest BCUT2D eigenvalue weighted by Gasteiger charge is 2.36. The summed E-state index contributed by atoms with van der Waals surface area (Å²) in [6.45, 7) is 4.23. The van der Waals surface area contributed by atoms with Gasteiger partial charge in [0.15, 0.2) is 11.6 Å². The number of rotatable bonds is 4. The molecule has 1 saturated carbocycles. The van der Waals surface area contributed by atoms with Gasteiger partial charge in [0.2, 0.25) is 0 Å². The molecule has 110 valence electrons. The molecule has 2 atom stereocenters. The van der Waals surface area contributed by atoms with E-state index in [9.17, 15) is 4.39 Å². The van der Waals surface area contributed by atoms with Gasteiger partial charge in [0, 0.05) is 36.9 Å². The highest BCUT2D eigenvalue weighted by Crippen LogP contribution is 2.36. The maximum absolute atomic E-state index is 13.6. The monoisotopic (exact) mass is 278 g/mol. The van der Waals surface area contributed by atoms with Gasteiger partial charge in [-0.25, -0.2) is 4.39 Å². The SMILES string of the molecule is CCC1CNC(C2CC2)CN1c1ccc(F)c(OC)c1. The average Bonchev–Trinajstić information content (AvgIpc) is 3.32. The number of piperazine rings is 1. The molecule has 3 nitrogen and oxygen atoms in total. The van der Waals surface area contributed by atoms with Crippen LogP contribution < -0.4 is 15.0 Å². The van der Waals surface area contributed by atoms with Crippen LogP contribution in [0.1, 0.15) is 26.2 Å². The highest BCUT2D eigenvalue weighted by molar-refractivity contribution is 5.53. The predicted octanol–water partition coefficient (Wildman–Crippen LogP) is 2.80. The zero-order valence-corrected chi connectivity index (χ0v) is 12.2. The summed E-state index contributed by atoms with van der Waals surface area (Å²) in [5.41, 5.74) is 1.07. The van der Waals surface area contributed by atoms with Crippen molar-refractivity contribution in [1.82, 2.24) is 5.32 Å². The number of halogens is 1. The molecule has 1 aromatic rings. The molecule has 0 amide bonds. The second-order valence-electron chi connectivity index (χ2n) is 5.89. The third-order valence-electron chi connectivity index (χ3n) is 4.58. The van der Waals surface area contributed by atoms with Crippen molar-refractivity contribution in [2.24, 2.45) is 5.92 Å². The van der Waals surface area contributed by atoms with Gasteiger partial charge in [-0.15, -0.1) is 0 Å². The Morgan fingerprint density at radius 2 is 2.20 bits per heavy atom. The molecule has 4 heteroatoms. The Balaban J connectivity index is 1.83. The van der Waals surface area contributed by atoms with Gasteiger partial charge in [-0.3, -0.25) is 0 Å². The molecule has 1 N–H and O–H groups in total. The van der Waals surface area contributed by atoms with Crippen LogP contribution >= 0.6 is 0 Å². The van der Waals surface area contributed by atoms with Crippen LogP contribution in [0.2, 0.25) is 0 Å². The third-order valence-corrected chi connectivity index (χ3v) is 4.58. The minimum Gasteiger partial charge on any atom is -0.494 e. The molecular weight excluding hydrogens is 255 g/mol. The van der Waals surface area contributed by atoms with Gasteiger partial charge >= 0.3 is 0 Å². The zero-order valence-electron chi connectivity index (χ0n) is 12.2. The molecule has 1 aliphatic carbocycles. The molecule has 2 unspecified atom stereocenters. The maximum atomic E-state index is 13.6. The summed E-state index contributed by atoms with van der Waals surface area (Å²) < 4.78 is 18.7. The Bertz CT molecular complexity index is 476. The fourth-order valence-electron chi connectivity index (χ4n) is 3.15. The summed E-state index contributed by atoms with van der Waals surface area (Å²) in [5.74, 6) is 0.870. The van der Waals surface area contributed by atoms with Crippen molar-refractivity contribution in [2.75, 3.05) is 25.1 Å². The molecule has 0 bridgehead atoms. The summed E-state index contributed by atoms with van der Waals surface area (Å²) in [6, 6.07) is 6.26. The van der Waals surface area contributed by atoms with Crippen molar-refractivity contribution in [3.05, 3.63) is 24.0 Å². The molecule has 3 rings (SSSR count). The van der Waals surface area contributed by atoms with E-state index in [4.69, 9.17) is 4.74 Å². The second-order valence-corrected chi connectivity index (χ2v) is 5.89. The van der Waals surface area contributed by atoms with E-state index in [0.29, 0.717) is 17.8 Å². The standard InChI is InChI=1S/C16H23FN2O/c1-3-12-9-18-15(11-4-5-11)10-19(12)13-6-7-14(17)16(8-13)20-2/h6-8,11-12,15,18H,3-5,9-10H2,1-2H3. The number of benzene rings is 1. The topological polar surface area (TPSA) is 24.5 Å². The second kappa shape index (κ2) is 5.60. The molecule has 0 aromatic heterocycles. The Morgan fingerprint density at radius 3 is 2.85 bits per heavy atom. The summed E-state index contributed by atoms with van der Waals surface area (Å²) in [7, 11) is 1.52. The van der Waals surface area contributed by atoms with Gasteiger partial charge in [0.25, 0.3) is 0 Å². The smallest absolute Gasteiger partial charge is 0.165 e. The van der Waals surface area contributed by atoms with Gasteiger partial charge in [-0.2, -0.15) is 0 Å². The maximum Gasteiger partial charge on any atom is 0.165 e. The first-order chi connectivity index (χ1) is 9.72. The van der Waals surface area contributed by atoms with Crippen LogP contribution in [0.4, 0.5) is 10.1 Å². The minimum absolute atomic E-state index is 0.293. The van der Waals surface area contributed by atoms with Crippen LogP contribution in [0, 0.1) is 11.7 Å². The third kappa shape index (κ3) is 2.62. The van der Waals surface area contributed by atoms with Crippen LogP contribution in [0.3, 0.4) is 0 Å². The lowest BCUT2D eigenvalue weighted by atomic mass is 10.0. The van der Waals surface area contributed by atoms with Crippen molar-refractivity contribution in [1.29, 1.82) is 0 Å². The Morgan fingerprint density at radius 1 is 1.40 bits per heavy atom. The minimum atomic E-state index is -0.293. The number of hydrogen-bond acceptors (Lipinski definition) is 3. The average molecular weight is 278 g/mol. The summed E-state index contributed by atoms with van der Waals surface area (Å²) in [4.78, 5) is 2.42. The van der Waals surface area contributed by atoms with E-state index in [1.165, 1.54) is 26.0 Å². The molecule has 1 heterocycles. The number of nitrogens with zero attached hydrogens (tertiary/aromatic N) is 1. The largest absolute Gasteiger partial charge is 0.494 e. The van der Waals surface area contributed by atoms with Crippen LogP contribution in [0.15, 0.2) is 18.2 Å². The fraction of sp³-hybridized carbons (Fsp3) is 0.625. The number of nitrogens with one attached hydrogen (secondary N) is 1.